The lowest BCUT2D eigenvalue weighted by Gasteiger charge is -2.11. The minimum atomic E-state index is 0.707. The number of H-pyrrole nitrogens is 1. The number of aromatic amines is 1. The highest BCUT2D eigenvalue weighted by Gasteiger charge is 2.18. The van der Waals surface area contributed by atoms with E-state index in [1.807, 2.05) is 24.3 Å². The van der Waals surface area contributed by atoms with Crippen molar-refractivity contribution in [3.8, 4) is 28.3 Å². The van der Waals surface area contributed by atoms with Gasteiger partial charge in [0.15, 0.2) is 5.76 Å². The second-order valence-electron chi connectivity index (χ2n) is 6.93. The Morgan fingerprint density at radius 2 is 2.00 bits per heavy atom. The van der Waals surface area contributed by atoms with Gasteiger partial charge in [-0.05, 0) is 72.3 Å². The molecule has 6 heteroatoms. The fourth-order valence-corrected chi connectivity index (χ4v) is 3.57. The van der Waals surface area contributed by atoms with Gasteiger partial charge in [-0.25, -0.2) is 4.98 Å². The summed E-state index contributed by atoms with van der Waals surface area (Å²) in [6.45, 7) is 1.72. The largest absolute Gasteiger partial charge is 0.494 e. The molecule has 0 saturated carbocycles. The van der Waals surface area contributed by atoms with E-state index in [0.29, 0.717) is 6.61 Å². The minimum absolute atomic E-state index is 0.707. The molecule has 5 nitrogen and oxygen atoms in total. The first-order valence-corrected chi connectivity index (χ1v) is 10.00. The van der Waals surface area contributed by atoms with Gasteiger partial charge in [0.05, 0.1) is 18.6 Å². The smallest absolute Gasteiger partial charge is 0.150 e. The first kappa shape index (κ1) is 18.8. The molecular formula is C22H22BrN3O2. The number of hydrogen-bond donors (Lipinski definition) is 1. The number of aromatic nitrogens is 2. The van der Waals surface area contributed by atoms with E-state index in [1.54, 1.807) is 12.5 Å². The van der Waals surface area contributed by atoms with Gasteiger partial charge in [-0.15, -0.1) is 0 Å². The van der Waals surface area contributed by atoms with Gasteiger partial charge in [-0.1, -0.05) is 12.1 Å². The number of ether oxygens (including phenoxy) is 1. The third-order valence-electron chi connectivity index (χ3n) is 4.55. The second-order valence-corrected chi connectivity index (χ2v) is 7.85. The van der Waals surface area contributed by atoms with Crippen molar-refractivity contribution in [2.75, 3.05) is 27.2 Å². The van der Waals surface area contributed by atoms with Crippen LogP contribution in [0.5, 0.6) is 5.75 Å². The molecule has 0 bridgehead atoms. The first-order chi connectivity index (χ1) is 13.6. The summed E-state index contributed by atoms with van der Waals surface area (Å²) in [7, 11) is 4.14. The van der Waals surface area contributed by atoms with Crippen LogP contribution in [-0.4, -0.2) is 42.1 Å². The maximum atomic E-state index is 5.86. The Bertz CT molecular complexity index is 1050. The quantitative estimate of drug-likeness (QED) is 0.381. The van der Waals surface area contributed by atoms with E-state index >= 15 is 0 Å². The summed E-state index contributed by atoms with van der Waals surface area (Å²) >= 11 is 3.53. The van der Waals surface area contributed by atoms with Gasteiger partial charge in [-0.2, -0.15) is 0 Å². The topological polar surface area (TPSA) is 54.3 Å². The molecule has 144 valence electrons. The van der Waals surface area contributed by atoms with Crippen LogP contribution in [0.3, 0.4) is 0 Å². The standard InChI is InChI=1S/C22H22BrN3O2/c1-26(2)10-4-12-27-17-8-6-15(7-9-17)20-18-13-16(23)14-24-22(18)25-21(20)19-5-3-11-28-19/h3,5-9,11,13-14H,4,10,12H2,1-2H3,(H,24,25). The number of fused-ring (bicyclic) bond motifs is 1. The molecule has 0 fully saturated rings. The summed E-state index contributed by atoms with van der Waals surface area (Å²) in [5.41, 5.74) is 3.90. The number of hydrogen-bond acceptors (Lipinski definition) is 4. The van der Waals surface area contributed by atoms with Gasteiger partial charge < -0.3 is 19.0 Å². The number of nitrogens with zero attached hydrogens (tertiary/aromatic N) is 2. The van der Waals surface area contributed by atoms with Crippen LogP contribution >= 0.6 is 15.9 Å². The molecule has 4 aromatic rings. The van der Waals surface area contributed by atoms with Crippen LogP contribution in [-0.2, 0) is 0 Å². The molecular weight excluding hydrogens is 418 g/mol. The van der Waals surface area contributed by atoms with Crippen molar-refractivity contribution in [1.82, 2.24) is 14.9 Å². The molecule has 0 aliphatic heterocycles. The predicted octanol–water partition coefficient (Wildman–Crippen LogP) is 5.58. The first-order valence-electron chi connectivity index (χ1n) is 9.21. The van der Waals surface area contributed by atoms with Crippen LogP contribution in [0, 0.1) is 0 Å². The van der Waals surface area contributed by atoms with Crippen molar-refractivity contribution in [2.45, 2.75) is 6.42 Å². The molecule has 0 amide bonds. The highest BCUT2D eigenvalue weighted by molar-refractivity contribution is 9.10. The van der Waals surface area contributed by atoms with E-state index in [0.717, 1.165) is 56.8 Å². The molecule has 0 atom stereocenters. The molecule has 1 aromatic carbocycles. The minimum Gasteiger partial charge on any atom is -0.494 e. The number of nitrogens with one attached hydrogen (secondary N) is 1. The molecule has 0 radical (unpaired) electrons. The molecule has 3 aromatic heterocycles. The van der Waals surface area contributed by atoms with E-state index in [9.17, 15) is 0 Å². The molecule has 0 saturated heterocycles. The zero-order valence-corrected chi connectivity index (χ0v) is 17.5. The number of pyridine rings is 1. The van der Waals surface area contributed by atoms with Gasteiger partial charge in [-0.3, -0.25) is 0 Å². The summed E-state index contributed by atoms with van der Waals surface area (Å²) in [6.07, 6.45) is 4.47. The lowest BCUT2D eigenvalue weighted by Crippen LogP contribution is -2.15. The number of rotatable bonds is 7. The maximum absolute atomic E-state index is 5.86. The molecule has 0 aliphatic rings. The molecule has 0 spiro atoms. The Labute approximate surface area is 172 Å². The van der Waals surface area contributed by atoms with Crippen LogP contribution in [0.25, 0.3) is 33.6 Å². The summed E-state index contributed by atoms with van der Waals surface area (Å²) in [5, 5.41) is 1.04. The Morgan fingerprint density at radius 1 is 1.18 bits per heavy atom. The van der Waals surface area contributed by atoms with Gasteiger partial charge in [0.2, 0.25) is 0 Å². The zero-order valence-electron chi connectivity index (χ0n) is 15.9. The fourth-order valence-electron chi connectivity index (χ4n) is 3.24. The summed E-state index contributed by atoms with van der Waals surface area (Å²) < 4.78 is 12.5. The summed E-state index contributed by atoms with van der Waals surface area (Å²) in [6, 6.07) is 14.1. The molecule has 3 heterocycles. The summed E-state index contributed by atoms with van der Waals surface area (Å²) in [4.78, 5) is 10.1. The number of furan rings is 1. The van der Waals surface area contributed by atoms with Crippen molar-refractivity contribution in [1.29, 1.82) is 0 Å². The predicted molar refractivity (Wildman–Crippen MR) is 116 cm³/mol. The van der Waals surface area contributed by atoms with Crippen molar-refractivity contribution in [3.05, 3.63) is 59.4 Å². The lowest BCUT2D eigenvalue weighted by molar-refractivity contribution is 0.281. The van der Waals surface area contributed by atoms with Crippen LogP contribution in [0.1, 0.15) is 6.42 Å². The molecule has 0 aliphatic carbocycles. The van der Waals surface area contributed by atoms with Crippen LogP contribution in [0.2, 0.25) is 0 Å². The third-order valence-corrected chi connectivity index (χ3v) is 4.98. The summed E-state index contributed by atoms with van der Waals surface area (Å²) in [5.74, 6) is 1.66. The van der Waals surface area contributed by atoms with E-state index in [-0.39, 0.29) is 0 Å². The van der Waals surface area contributed by atoms with E-state index in [1.165, 1.54) is 0 Å². The molecule has 1 N–H and O–H groups in total. The van der Waals surface area contributed by atoms with Crippen molar-refractivity contribution < 1.29 is 9.15 Å². The average Bonchev–Trinajstić information content (AvgIpc) is 3.33. The SMILES string of the molecule is CN(C)CCCOc1ccc(-c2c(-c3ccco3)[nH]c3ncc(Br)cc23)cc1. The van der Waals surface area contributed by atoms with Crippen molar-refractivity contribution in [2.24, 2.45) is 0 Å². The van der Waals surface area contributed by atoms with Crippen molar-refractivity contribution in [3.63, 3.8) is 0 Å². The van der Waals surface area contributed by atoms with E-state index < -0.39 is 0 Å². The van der Waals surface area contributed by atoms with E-state index in [2.05, 4.69) is 63.1 Å². The Balaban J connectivity index is 1.66. The molecule has 28 heavy (non-hydrogen) atoms. The third kappa shape index (κ3) is 3.98. The van der Waals surface area contributed by atoms with Gasteiger partial charge in [0.25, 0.3) is 0 Å². The normalized spacial score (nSPS) is 11.4. The van der Waals surface area contributed by atoms with Crippen LogP contribution in [0.15, 0.2) is 63.8 Å². The Hall–Kier alpha value is -2.57. The van der Waals surface area contributed by atoms with E-state index in [4.69, 9.17) is 9.15 Å². The zero-order chi connectivity index (χ0) is 19.5. The Kier molecular flexibility index (Phi) is 5.50. The highest BCUT2D eigenvalue weighted by atomic mass is 79.9. The van der Waals surface area contributed by atoms with Gasteiger partial charge in [0.1, 0.15) is 11.4 Å². The number of benzene rings is 1. The monoisotopic (exact) mass is 439 g/mol. The van der Waals surface area contributed by atoms with Crippen molar-refractivity contribution >= 4 is 27.0 Å². The highest BCUT2D eigenvalue weighted by Crippen LogP contribution is 2.39. The average molecular weight is 440 g/mol. The second kappa shape index (κ2) is 8.20. The molecule has 4 rings (SSSR count). The fraction of sp³-hybridized carbons (Fsp3) is 0.227. The van der Waals surface area contributed by atoms with Gasteiger partial charge in [0, 0.05) is 28.2 Å². The lowest BCUT2D eigenvalue weighted by atomic mass is 10.0. The Morgan fingerprint density at radius 3 is 2.71 bits per heavy atom. The molecule has 0 unspecified atom stereocenters. The number of halogens is 1. The van der Waals surface area contributed by atoms with Crippen LogP contribution in [0.4, 0.5) is 0 Å². The maximum Gasteiger partial charge on any atom is 0.150 e. The van der Waals surface area contributed by atoms with Crippen LogP contribution < -0.4 is 4.74 Å². The van der Waals surface area contributed by atoms with Gasteiger partial charge >= 0.3 is 0 Å².